The van der Waals surface area contributed by atoms with Crippen molar-refractivity contribution in [3.8, 4) is 0 Å². The fourth-order valence-electron chi connectivity index (χ4n) is 6.67. The molecule has 5 nitrogen and oxygen atoms in total. The molecule has 1 amide bonds. The maximum Gasteiger partial charge on any atom is 0.226 e. The van der Waals surface area contributed by atoms with Gasteiger partial charge in [-0.25, -0.2) is 4.98 Å². The summed E-state index contributed by atoms with van der Waals surface area (Å²) >= 11 is 0. The third-order valence-corrected chi connectivity index (χ3v) is 7.24. The largest absolute Gasteiger partial charge is 0.390 e. The number of carbonyl (C=O) groups excluding carboxylic acids is 1. The molecule has 138 valence electrons. The fourth-order valence-corrected chi connectivity index (χ4v) is 6.67. The number of nitrogens with one attached hydrogen (secondary N) is 2. The first-order valence-electron chi connectivity index (χ1n) is 9.88. The Hall–Kier alpha value is -1.88. The molecule has 0 aliphatic heterocycles. The van der Waals surface area contributed by atoms with E-state index in [-0.39, 0.29) is 11.3 Å². The van der Waals surface area contributed by atoms with E-state index in [0.717, 1.165) is 49.0 Å². The van der Waals surface area contributed by atoms with Crippen molar-refractivity contribution in [2.75, 3.05) is 0 Å². The van der Waals surface area contributed by atoms with E-state index in [4.69, 9.17) is 0 Å². The Labute approximate surface area is 153 Å². The molecule has 1 heterocycles. The van der Waals surface area contributed by atoms with Crippen molar-refractivity contribution >= 4 is 16.9 Å². The smallest absolute Gasteiger partial charge is 0.226 e. The molecule has 4 saturated carbocycles. The van der Waals surface area contributed by atoms with Crippen molar-refractivity contribution in [3.05, 3.63) is 30.1 Å². The highest BCUT2D eigenvalue weighted by Gasteiger charge is 2.64. The third kappa shape index (κ3) is 2.40. The topological polar surface area (TPSA) is 78.0 Å². The fraction of sp³-hybridized carbons (Fsp3) is 0.619. The molecular formula is C21H27N3O2. The van der Waals surface area contributed by atoms with Crippen LogP contribution in [0.1, 0.15) is 57.7 Å². The lowest BCUT2D eigenvalue weighted by Crippen LogP contribution is -2.63. The second-order valence-corrected chi connectivity index (χ2v) is 9.25. The van der Waals surface area contributed by atoms with E-state index in [1.54, 1.807) is 0 Å². The Bertz CT molecular complexity index is 844. The van der Waals surface area contributed by atoms with Crippen molar-refractivity contribution < 1.29 is 9.90 Å². The van der Waals surface area contributed by atoms with E-state index < -0.39 is 11.0 Å². The molecule has 1 aromatic heterocycles. The molecule has 1 aromatic carbocycles. The lowest BCUT2D eigenvalue weighted by Gasteiger charge is -2.64. The summed E-state index contributed by atoms with van der Waals surface area (Å²) in [7, 11) is 0. The molecule has 3 N–H and O–H groups in total. The van der Waals surface area contributed by atoms with Crippen LogP contribution in [0.4, 0.5) is 0 Å². The van der Waals surface area contributed by atoms with Gasteiger partial charge in [-0.1, -0.05) is 25.5 Å². The van der Waals surface area contributed by atoms with Gasteiger partial charge >= 0.3 is 0 Å². The van der Waals surface area contributed by atoms with Gasteiger partial charge in [-0.3, -0.25) is 4.79 Å². The number of nitrogens with zero attached hydrogens (tertiary/aromatic N) is 1. The minimum absolute atomic E-state index is 0.110. The summed E-state index contributed by atoms with van der Waals surface area (Å²) in [5.74, 6) is 1.39. The van der Waals surface area contributed by atoms with E-state index in [2.05, 4.69) is 22.2 Å². The second-order valence-electron chi connectivity index (χ2n) is 9.25. The van der Waals surface area contributed by atoms with Crippen LogP contribution in [0.15, 0.2) is 24.3 Å². The van der Waals surface area contributed by atoms with Gasteiger partial charge in [0.1, 0.15) is 5.82 Å². The molecule has 4 aliphatic rings. The molecule has 26 heavy (non-hydrogen) atoms. The van der Waals surface area contributed by atoms with Crippen LogP contribution in [0.25, 0.3) is 11.0 Å². The average molecular weight is 353 g/mol. The van der Waals surface area contributed by atoms with Gasteiger partial charge in [-0.2, -0.15) is 0 Å². The number of H-pyrrole nitrogens is 1. The molecular weight excluding hydrogens is 326 g/mol. The molecule has 0 spiro atoms. The van der Waals surface area contributed by atoms with Gasteiger partial charge in [0.15, 0.2) is 0 Å². The summed E-state index contributed by atoms with van der Waals surface area (Å²) in [6.07, 6.45) is 6.50. The first-order chi connectivity index (χ1) is 12.4. The number of carbonyl (C=O) groups is 1. The number of rotatable bonds is 4. The van der Waals surface area contributed by atoms with Gasteiger partial charge < -0.3 is 15.4 Å². The minimum atomic E-state index is -0.633. The maximum atomic E-state index is 13.2. The van der Waals surface area contributed by atoms with Crippen molar-refractivity contribution in [3.63, 3.8) is 0 Å². The number of aromatic amines is 1. The molecule has 2 aromatic rings. The van der Waals surface area contributed by atoms with Crippen LogP contribution < -0.4 is 5.32 Å². The molecule has 4 unspecified atom stereocenters. The number of fused-ring (bicyclic) bond motifs is 1. The van der Waals surface area contributed by atoms with Gasteiger partial charge in [0.25, 0.3) is 0 Å². The lowest BCUT2D eigenvalue weighted by atomic mass is 9.42. The van der Waals surface area contributed by atoms with Gasteiger partial charge in [-0.15, -0.1) is 0 Å². The van der Waals surface area contributed by atoms with E-state index in [1.807, 2.05) is 24.3 Å². The summed E-state index contributed by atoms with van der Waals surface area (Å²) in [4.78, 5) is 21.1. The van der Waals surface area contributed by atoms with Gasteiger partial charge in [0, 0.05) is 0 Å². The average Bonchev–Trinajstić information content (AvgIpc) is 3.00. The van der Waals surface area contributed by atoms with Gasteiger partial charge in [0.2, 0.25) is 5.91 Å². The van der Waals surface area contributed by atoms with E-state index >= 15 is 0 Å². The Morgan fingerprint density at radius 1 is 1.27 bits per heavy atom. The number of para-hydroxylation sites is 2. The molecule has 5 heteroatoms. The number of hydrogen-bond acceptors (Lipinski definition) is 3. The molecule has 4 fully saturated rings. The van der Waals surface area contributed by atoms with Crippen molar-refractivity contribution in [1.82, 2.24) is 15.3 Å². The molecule has 6 rings (SSSR count). The SMILES string of the molecule is CCC12CC3CC(O)(C1)CC(C(=O)NCc1nc4ccccc4[nH]1)(C3)C2. The highest BCUT2D eigenvalue weighted by molar-refractivity contribution is 5.83. The third-order valence-electron chi connectivity index (χ3n) is 7.24. The van der Waals surface area contributed by atoms with Crippen LogP contribution in [-0.2, 0) is 11.3 Å². The summed E-state index contributed by atoms with van der Waals surface area (Å²) in [5, 5.41) is 14.2. The van der Waals surface area contributed by atoms with Crippen LogP contribution in [0.3, 0.4) is 0 Å². The zero-order chi connectivity index (χ0) is 18.0. The summed E-state index contributed by atoms with van der Waals surface area (Å²) < 4.78 is 0. The second kappa shape index (κ2) is 5.32. The predicted molar refractivity (Wildman–Crippen MR) is 99.2 cm³/mol. The first kappa shape index (κ1) is 16.3. The van der Waals surface area contributed by atoms with Crippen LogP contribution in [0.2, 0.25) is 0 Å². The Kier molecular flexibility index (Phi) is 3.34. The monoisotopic (exact) mass is 353 g/mol. The van der Waals surface area contributed by atoms with Crippen LogP contribution in [0, 0.1) is 16.7 Å². The van der Waals surface area contributed by atoms with Crippen LogP contribution >= 0.6 is 0 Å². The van der Waals surface area contributed by atoms with E-state index in [0.29, 0.717) is 18.9 Å². The molecule has 4 atom stereocenters. The number of amides is 1. The Morgan fingerprint density at radius 3 is 2.88 bits per heavy atom. The van der Waals surface area contributed by atoms with Crippen LogP contribution in [-0.4, -0.2) is 26.6 Å². The molecule has 0 radical (unpaired) electrons. The highest BCUT2D eigenvalue weighted by atomic mass is 16.3. The molecule has 0 saturated heterocycles. The number of imidazole rings is 1. The van der Waals surface area contributed by atoms with Crippen molar-refractivity contribution in [1.29, 1.82) is 0 Å². The minimum Gasteiger partial charge on any atom is -0.390 e. The van der Waals surface area contributed by atoms with Gasteiger partial charge in [0.05, 0.1) is 28.6 Å². The van der Waals surface area contributed by atoms with Crippen molar-refractivity contribution in [2.45, 2.75) is 64.0 Å². The molecule has 4 aliphatic carbocycles. The van der Waals surface area contributed by atoms with E-state index in [1.165, 1.54) is 6.42 Å². The quantitative estimate of drug-likeness (QED) is 0.789. The maximum absolute atomic E-state index is 13.2. The predicted octanol–water partition coefficient (Wildman–Crippen LogP) is 3.29. The highest BCUT2D eigenvalue weighted by Crippen LogP contribution is 2.67. The zero-order valence-electron chi connectivity index (χ0n) is 15.3. The number of hydrogen-bond donors (Lipinski definition) is 3. The standard InChI is InChI=1S/C21H27N3O2/c1-2-19-7-14-8-20(11-19,13-21(26,9-14)12-19)18(25)22-10-17-23-15-5-3-4-6-16(15)24-17/h3-6,14,26H,2,7-13H2,1H3,(H,22,25)(H,23,24). The molecule has 4 bridgehead atoms. The zero-order valence-corrected chi connectivity index (χ0v) is 15.3. The summed E-state index contributed by atoms with van der Waals surface area (Å²) in [5.41, 5.74) is 1.05. The first-order valence-corrected chi connectivity index (χ1v) is 9.88. The van der Waals surface area contributed by atoms with Crippen molar-refractivity contribution in [2.24, 2.45) is 16.7 Å². The lowest BCUT2D eigenvalue weighted by molar-refractivity contribution is -0.204. The number of aliphatic hydroxyl groups is 1. The summed E-state index contributed by atoms with van der Waals surface area (Å²) in [6.45, 7) is 2.63. The summed E-state index contributed by atoms with van der Waals surface area (Å²) in [6, 6.07) is 7.90. The Morgan fingerprint density at radius 2 is 2.12 bits per heavy atom. The number of aromatic nitrogens is 2. The normalized spacial score (nSPS) is 38.0. The van der Waals surface area contributed by atoms with Gasteiger partial charge in [-0.05, 0) is 62.0 Å². The van der Waals surface area contributed by atoms with Crippen LogP contribution in [0.5, 0.6) is 0 Å². The van der Waals surface area contributed by atoms with E-state index in [9.17, 15) is 9.90 Å². The Balaban J connectivity index is 1.36. The number of benzene rings is 1.